The van der Waals surface area contributed by atoms with Crippen molar-refractivity contribution in [1.82, 2.24) is 14.9 Å². The van der Waals surface area contributed by atoms with Crippen LogP contribution in [0.25, 0.3) is 10.2 Å². The molecular weight excluding hydrogens is 358 g/mol. The first-order valence-electron chi connectivity index (χ1n) is 9.21. The molecule has 3 rings (SSSR count). The SMILES string of the molecule is CC[C@@H](NC(=O)CCn1cnc2sc(C)c(C)c2c1=O)c1ccc(C)cc1. The topological polar surface area (TPSA) is 64.0 Å². The molecule has 0 fully saturated rings. The largest absolute Gasteiger partial charge is 0.349 e. The van der Waals surface area contributed by atoms with Gasteiger partial charge in [0.25, 0.3) is 5.56 Å². The van der Waals surface area contributed by atoms with E-state index in [-0.39, 0.29) is 23.9 Å². The van der Waals surface area contributed by atoms with E-state index in [0.717, 1.165) is 27.3 Å². The number of hydrogen-bond acceptors (Lipinski definition) is 4. The molecule has 6 heteroatoms. The molecule has 3 aromatic rings. The highest BCUT2D eigenvalue weighted by atomic mass is 32.1. The summed E-state index contributed by atoms with van der Waals surface area (Å²) in [4.78, 5) is 31.4. The van der Waals surface area contributed by atoms with Crippen molar-refractivity contribution in [1.29, 1.82) is 0 Å². The molecule has 0 aliphatic carbocycles. The molecule has 0 spiro atoms. The maximum absolute atomic E-state index is 12.7. The number of fused-ring (bicyclic) bond motifs is 1. The third kappa shape index (κ3) is 4.11. The number of amides is 1. The van der Waals surface area contributed by atoms with Crippen molar-refractivity contribution in [3.63, 3.8) is 0 Å². The predicted octanol–water partition coefficient (Wildman–Crippen LogP) is 4.04. The average molecular weight is 384 g/mol. The van der Waals surface area contributed by atoms with E-state index in [4.69, 9.17) is 0 Å². The zero-order valence-electron chi connectivity index (χ0n) is 16.2. The molecule has 142 valence electrons. The molecule has 0 aliphatic heterocycles. The van der Waals surface area contributed by atoms with Crippen LogP contribution >= 0.6 is 11.3 Å². The molecule has 1 atom stereocenters. The number of carbonyl (C=O) groups is 1. The summed E-state index contributed by atoms with van der Waals surface area (Å²) in [7, 11) is 0. The van der Waals surface area contributed by atoms with E-state index in [1.54, 1.807) is 6.33 Å². The number of nitrogens with zero attached hydrogens (tertiary/aromatic N) is 2. The number of benzene rings is 1. The third-order valence-corrected chi connectivity index (χ3v) is 6.07. The summed E-state index contributed by atoms with van der Waals surface area (Å²) in [5, 5.41) is 3.74. The third-order valence-electron chi connectivity index (χ3n) is 4.96. The van der Waals surface area contributed by atoms with Crippen LogP contribution in [0.5, 0.6) is 0 Å². The van der Waals surface area contributed by atoms with E-state index in [2.05, 4.69) is 29.4 Å². The van der Waals surface area contributed by atoms with Crippen molar-refractivity contribution < 1.29 is 4.79 Å². The average Bonchev–Trinajstić information content (AvgIpc) is 2.95. The maximum atomic E-state index is 12.7. The Morgan fingerprint density at radius 2 is 1.93 bits per heavy atom. The molecule has 27 heavy (non-hydrogen) atoms. The molecule has 0 saturated heterocycles. The van der Waals surface area contributed by atoms with Crippen LogP contribution in [0.2, 0.25) is 0 Å². The molecule has 0 aliphatic rings. The second-order valence-corrected chi connectivity index (χ2v) is 8.10. The number of rotatable bonds is 6. The Morgan fingerprint density at radius 1 is 1.22 bits per heavy atom. The van der Waals surface area contributed by atoms with Gasteiger partial charge < -0.3 is 5.32 Å². The van der Waals surface area contributed by atoms with Gasteiger partial charge in [-0.1, -0.05) is 36.8 Å². The minimum Gasteiger partial charge on any atom is -0.349 e. The monoisotopic (exact) mass is 383 g/mol. The van der Waals surface area contributed by atoms with Crippen molar-refractivity contribution in [2.24, 2.45) is 0 Å². The van der Waals surface area contributed by atoms with Gasteiger partial charge in [0.1, 0.15) is 4.83 Å². The van der Waals surface area contributed by atoms with Gasteiger partial charge >= 0.3 is 0 Å². The van der Waals surface area contributed by atoms with Crippen LogP contribution in [-0.2, 0) is 11.3 Å². The maximum Gasteiger partial charge on any atom is 0.262 e. The number of nitrogens with one attached hydrogen (secondary N) is 1. The lowest BCUT2D eigenvalue weighted by Crippen LogP contribution is -2.30. The molecular formula is C21H25N3O2S. The molecule has 5 nitrogen and oxygen atoms in total. The lowest BCUT2D eigenvalue weighted by Gasteiger charge is -2.18. The quantitative estimate of drug-likeness (QED) is 0.699. The normalized spacial score (nSPS) is 12.3. The first-order valence-corrected chi connectivity index (χ1v) is 10.0. The second kappa shape index (κ2) is 8.05. The van der Waals surface area contributed by atoms with Gasteiger partial charge in [0.2, 0.25) is 5.91 Å². The highest BCUT2D eigenvalue weighted by molar-refractivity contribution is 7.18. The van der Waals surface area contributed by atoms with Gasteiger partial charge in [-0.05, 0) is 38.3 Å². The Balaban J connectivity index is 1.69. The van der Waals surface area contributed by atoms with Gasteiger partial charge in [0, 0.05) is 17.8 Å². The Kier molecular flexibility index (Phi) is 5.75. The van der Waals surface area contributed by atoms with Crippen LogP contribution in [0.1, 0.15) is 47.4 Å². The minimum atomic E-state index is -0.0692. The number of hydrogen-bond donors (Lipinski definition) is 1. The number of aromatic nitrogens is 2. The summed E-state index contributed by atoms with van der Waals surface area (Å²) in [6.45, 7) is 8.36. The van der Waals surface area contributed by atoms with E-state index >= 15 is 0 Å². The van der Waals surface area contributed by atoms with Gasteiger partial charge in [0.05, 0.1) is 17.8 Å². The zero-order valence-corrected chi connectivity index (χ0v) is 17.0. The molecule has 0 radical (unpaired) electrons. The summed E-state index contributed by atoms with van der Waals surface area (Å²) in [6, 6.07) is 8.19. The fourth-order valence-electron chi connectivity index (χ4n) is 3.14. The Morgan fingerprint density at radius 3 is 2.59 bits per heavy atom. The highest BCUT2D eigenvalue weighted by Gasteiger charge is 2.15. The van der Waals surface area contributed by atoms with E-state index in [9.17, 15) is 9.59 Å². The first-order chi connectivity index (χ1) is 12.9. The van der Waals surface area contributed by atoms with Gasteiger partial charge in [-0.3, -0.25) is 14.2 Å². The molecule has 1 aromatic carbocycles. The van der Waals surface area contributed by atoms with Crippen LogP contribution < -0.4 is 10.9 Å². The molecule has 0 saturated carbocycles. The van der Waals surface area contributed by atoms with E-state index in [0.29, 0.717) is 11.9 Å². The molecule has 1 N–H and O–H groups in total. The van der Waals surface area contributed by atoms with Crippen LogP contribution in [0.3, 0.4) is 0 Å². The van der Waals surface area contributed by atoms with Crippen molar-refractivity contribution >= 4 is 27.5 Å². The second-order valence-electron chi connectivity index (χ2n) is 6.90. The lowest BCUT2D eigenvalue weighted by atomic mass is 10.0. The lowest BCUT2D eigenvalue weighted by molar-refractivity contribution is -0.122. The minimum absolute atomic E-state index is 0.0165. The zero-order chi connectivity index (χ0) is 19.6. The summed E-state index contributed by atoms with van der Waals surface area (Å²) in [6.07, 6.45) is 2.61. The van der Waals surface area contributed by atoms with Crippen molar-refractivity contribution in [2.45, 2.75) is 53.1 Å². The van der Waals surface area contributed by atoms with Crippen LogP contribution in [-0.4, -0.2) is 15.5 Å². The number of carbonyl (C=O) groups excluding carboxylic acids is 1. The summed E-state index contributed by atoms with van der Waals surface area (Å²) in [5.41, 5.74) is 3.21. The van der Waals surface area contributed by atoms with Crippen LogP contribution in [0.4, 0.5) is 0 Å². The smallest absolute Gasteiger partial charge is 0.262 e. The van der Waals surface area contributed by atoms with Crippen molar-refractivity contribution in [2.75, 3.05) is 0 Å². The molecule has 0 unspecified atom stereocenters. The van der Waals surface area contributed by atoms with Gasteiger partial charge in [0.15, 0.2) is 0 Å². The summed E-state index contributed by atoms with van der Waals surface area (Å²) < 4.78 is 1.54. The number of aryl methyl sites for hydroxylation is 4. The first kappa shape index (κ1) is 19.3. The fraction of sp³-hybridized carbons (Fsp3) is 0.381. The Bertz CT molecular complexity index is 1020. The molecule has 2 aromatic heterocycles. The van der Waals surface area contributed by atoms with E-state index in [1.807, 2.05) is 32.9 Å². The molecule has 0 bridgehead atoms. The van der Waals surface area contributed by atoms with Crippen LogP contribution in [0.15, 0.2) is 35.4 Å². The Hall–Kier alpha value is -2.47. The molecule has 2 heterocycles. The number of thiophene rings is 1. The van der Waals surface area contributed by atoms with Crippen molar-refractivity contribution in [3.05, 3.63) is 62.5 Å². The Labute approximate surface area is 163 Å². The summed E-state index contributed by atoms with van der Waals surface area (Å²) in [5.74, 6) is -0.0624. The standard InChI is InChI=1S/C21H25N3O2S/c1-5-17(16-8-6-13(2)7-9-16)23-18(25)10-11-24-12-22-20-19(21(24)26)14(3)15(4)27-20/h6-9,12,17H,5,10-11H2,1-4H3,(H,23,25)/t17-/m1/s1. The highest BCUT2D eigenvalue weighted by Crippen LogP contribution is 2.25. The fourth-order valence-corrected chi connectivity index (χ4v) is 4.13. The van der Waals surface area contributed by atoms with Crippen LogP contribution in [0, 0.1) is 20.8 Å². The van der Waals surface area contributed by atoms with E-state index in [1.165, 1.54) is 21.5 Å². The van der Waals surface area contributed by atoms with E-state index < -0.39 is 0 Å². The van der Waals surface area contributed by atoms with Gasteiger partial charge in [-0.2, -0.15) is 0 Å². The van der Waals surface area contributed by atoms with Gasteiger partial charge in [-0.25, -0.2) is 4.98 Å². The predicted molar refractivity (Wildman–Crippen MR) is 110 cm³/mol. The molecule has 1 amide bonds. The van der Waals surface area contributed by atoms with Gasteiger partial charge in [-0.15, -0.1) is 11.3 Å². The van der Waals surface area contributed by atoms with Crippen molar-refractivity contribution in [3.8, 4) is 0 Å². The summed E-state index contributed by atoms with van der Waals surface area (Å²) >= 11 is 1.53.